The van der Waals surface area contributed by atoms with E-state index in [1.807, 2.05) is 0 Å². The highest BCUT2D eigenvalue weighted by Gasteiger charge is 2.22. The van der Waals surface area contributed by atoms with Crippen molar-refractivity contribution in [2.24, 2.45) is 11.0 Å². The largest absolute Gasteiger partial charge is 0.493 e. The lowest BCUT2D eigenvalue weighted by atomic mass is 10.1. The van der Waals surface area contributed by atoms with Gasteiger partial charge in [0.25, 0.3) is 5.91 Å². The lowest BCUT2D eigenvalue weighted by molar-refractivity contribution is -0.131. The fourth-order valence-corrected chi connectivity index (χ4v) is 2.82. The number of methoxy groups -OCH3 is 2. The number of nitrogens with zero attached hydrogens (tertiary/aromatic N) is 1. The summed E-state index contributed by atoms with van der Waals surface area (Å²) in [5.41, 5.74) is 2.92. The maximum Gasteiger partial charge on any atom is 0.252 e. The first-order valence-electron chi connectivity index (χ1n) is 8.17. The van der Waals surface area contributed by atoms with Gasteiger partial charge in [0.05, 0.1) is 30.6 Å². The molecule has 28 heavy (non-hydrogen) atoms. The van der Waals surface area contributed by atoms with Crippen molar-refractivity contribution in [3.8, 4) is 11.5 Å². The Morgan fingerprint density at radius 3 is 2.54 bits per heavy atom. The summed E-state index contributed by atoms with van der Waals surface area (Å²) in [6.07, 6.45) is 1.39. The normalized spacial score (nSPS) is 11.8. The Kier molecular flexibility index (Phi) is 7.51. The van der Waals surface area contributed by atoms with E-state index in [2.05, 4.69) is 31.8 Å². The zero-order chi connectivity index (χ0) is 20.7. The summed E-state index contributed by atoms with van der Waals surface area (Å²) >= 11 is 3.36. The molecule has 0 aliphatic heterocycles. The summed E-state index contributed by atoms with van der Waals surface area (Å²) in [5, 5.41) is 6.22. The van der Waals surface area contributed by atoms with Crippen LogP contribution in [0.3, 0.4) is 0 Å². The van der Waals surface area contributed by atoms with Crippen LogP contribution in [0, 0.1) is 11.7 Å². The van der Waals surface area contributed by atoms with Crippen molar-refractivity contribution >= 4 is 39.6 Å². The number of hydrazone groups is 1. The lowest BCUT2D eigenvalue weighted by Gasteiger charge is -2.11. The highest BCUT2D eigenvalue weighted by atomic mass is 79.9. The molecule has 0 heterocycles. The number of para-hydroxylation sites is 1. The van der Waals surface area contributed by atoms with E-state index in [1.165, 1.54) is 45.6 Å². The zero-order valence-corrected chi connectivity index (χ0v) is 17.0. The van der Waals surface area contributed by atoms with E-state index < -0.39 is 23.5 Å². The molecule has 0 aliphatic carbocycles. The van der Waals surface area contributed by atoms with Crippen LogP contribution in [0.15, 0.2) is 46.0 Å². The van der Waals surface area contributed by atoms with Gasteiger partial charge in [-0.25, -0.2) is 9.82 Å². The van der Waals surface area contributed by atoms with Crippen molar-refractivity contribution in [1.82, 2.24) is 5.43 Å². The number of ether oxygens (including phenoxy) is 2. The molecule has 0 fully saturated rings. The van der Waals surface area contributed by atoms with E-state index in [1.54, 1.807) is 18.2 Å². The molecule has 148 valence electrons. The quantitative estimate of drug-likeness (QED) is 0.383. The molecule has 1 unspecified atom stereocenters. The number of hydrogen-bond donors (Lipinski definition) is 2. The van der Waals surface area contributed by atoms with E-state index in [9.17, 15) is 14.0 Å². The Morgan fingerprint density at radius 1 is 1.18 bits per heavy atom. The molecule has 0 saturated heterocycles. The number of amides is 2. The molecule has 7 nitrogen and oxygen atoms in total. The third-order valence-electron chi connectivity index (χ3n) is 3.76. The van der Waals surface area contributed by atoms with Crippen molar-refractivity contribution in [2.45, 2.75) is 6.92 Å². The number of rotatable bonds is 7. The summed E-state index contributed by atoms with van der Waals surface area (Å²) in [4.78, 5) is 24.2. The molecule has 2 rings (SSSR count). The SMILES string of the molecule is COc1cc(C=NNC(=O)C(C)C(=O)Nc2ccccc2F)cc(Br)c1OC. The maximum absolute atomic E-state index is 13.6. The predicted octanol–water partition coefficient (Wildman–Crippen LogP) is 3.33. The molecule has 9 heteroatoms. The van der Waals surface area contributed by atoms with Crippen LogP contribution in [0.1, 0.15) is 12.5 Å². The minimum atomic E-state index is -1.08. The van der Waals surface area contributed by atoms with Gasteiger partial charge in [-0.1, -0.05) is 12.1 Å². The minimum absolute atomic E-state index is 0.00540. The summed E-state index contributed by atoms with van der Waals surface area (Å²) < 4.78 is 24.7. The van der Waals surface area contributed by atoms with Crippen LogP contribution < -0.4 is 20.2 Å². The smallest absolute Gasteiger partial charge is 0.252 e. The van der Waals surface area contributed by atoms with Crippen molar-refractivity contribution < 1.29 is 23.5 Å². The van der Waals surface area contributed by atoms with E-state index >= 15 is 0 Å². The molecule has 0 aromatic heterocycles. The van der Waals surface area contributed by atoms with E-state index in [0.29, 0.717) is 21.5 Å². The summed E-state index contributed by atoms with van der Waals surface area (Å²) in [6, 6.07) is 9.10. The number of halogens is 2. The second kappa shape index (κ2) is 9.84. The maximum atomic E-state index is 13.6. The molecule has 0 aliphatic rings. The monoisotopic (exact) mass is 451 g/mol. The summed E-state index contributed by atoms with van der Waals surface area (Å²) in [6.45, 7) is 1.40. The van der Waals surface area contributed by atoms with Crippen LogP contribution in [-0.2, 0) is 9.59 Å². The first-order chi connectivity index (χ1) is 13.4. The molecule has 0 saturated carbocycles. The topological polar surface area (TPSA) is 89.0 Å². The first-order valence-corrected chi connectivity index (χ1v) is 8.96. The number of benzene rings is 2. The second-order valence-electron chi connectivity index (χ2n) is 5.66. The molecule has 1 atom stereocenters. The van der Waals surface area contributed by atoms with Gasteiger partial charge >= 0.3 is 0 Å². The van der Waals surface area contributed by atoms with Gasteiger partial charge in [0.1, 0.15) is 11.7 Å². The average molecular weight is 452 g/mol. The van der Waals surface area contributed by atoms with Crippen LogP contribution in [0.2, 0.25) is 0 Å². The Balaban J connectivity index is 2.00. The third-order valence-corrected chi connectivity index (χ3v) is 4.35. The van der Waals surface area contributed by atoms with Gasteiger partial charge in [-0.15, -0.1) is 0 Å². The fourth-order valence-electron chi connectivity index (χ4n) is 2.20. The number of hydrogen-bond acceptors (Lipinski definition) is 5. The predicted molar refractivity (Wildman–Crippen MR) is 107 cm³/mol. The molecule has 0 spiro atoms. The van der Waals surface area contributed by atoms with Crippen LogP contribution in [0.25, 0.3) is 0 Å². The molecule has 2 amide bonds. The van der Waals surface area contributed by atoms with Gasteiger partial charge in [-0.05, 0) is 52.7 Å². The number of anilines is 1. The van der Waals surface area contributed by atoms with Crippen LogP contribution >= 0.6 is 15.9 Å². The van der Waals surface area contributed by atoms with Crippen LogP contribution in [-0.4, -0.2) is 32.2 Å². The van der Waals surface area contributed by atoms with E-state index in [0.717, 1.165) is 0 Å². The third kappa shape index (κ3) is 5.29. The molecular weight excluding hydrogens is 433 g/mol. The van der Waals surface area contributed by atoms with Crippen molar-refractivity contribution in [2.75, 3.05) is 19.5 Å². The summed E-state index contributed by atoms with van der Waals surface area (Å²) in [5.74, 6) is -1.92. The standard InChI is InChI=1S/C19H19BrFN3O4/c1-11(18(25)23-15-7-5-4-6-14(15)21)19(26)24-22-10-12-8-13(20)17(28-3)16(9-12)27-2/h4-11H,1-3H3,(H,23,25)(H,24,26). The Morgan fingerprint density at radius 2 is 1.89 bits per heavy atom. The minimum Gasteiger partial charge on any atom is -0.493 e. The highest BCUT2D eigenvalue weighted by Crippen LogP contribution is 2.35. The van der Waals surface area contributed by atoms with Gasteiger partial charge < -0.3 is 14.8 Å². The molecule has 0 bridgehead atoms. The zero-order valence-electron chi connectivity index (χ0n) is 15.5. The number of carbonyl (C=O) groups is 2. The van der Waals surface area contributed by atoms with E-state index in [4.69, 9.17) is 9.47 Å². The van der Waals surface area contributed by atoms with Crippen LogP contribution in [0.4, 0.5) is 10.1 Å². The van der Waals surface area contributed by atoms with Crippen molar-refractivity contribution in [1.29, 1.82) is 0 Å². The molecular formula is C19H19BrFN3O4. The molecule has 2 N–H and O–H groups in total. The Hall–Kier alpha value is -2.94. The average Bonchev–Trinajstić information content (AvgIpc) is 2.68. The van der Waals surface area contributed by atoms with Crippen molar-refractivity contribution in [3.63, 3.8) is 0 Å². The Labute approximate surface area is 170 Å². The number of carbonyl (C=O) groups excluding carboxylic acids is 2. The lowest BCUT2D eigenvalue weighted by Crippen LogP contribution is -2.34. The Bertz CT molecular complexity index is 905. The fraction of sp³-hybridized carbons (Fsp3) is 0.211. The van der Waals surface area contributed by atoms with E-state index in [-0.39, 0.29) is 5.69 Å². The first kappa shape index (κ1) is 21.4. The molecule has 2 aromatic rings. The van der Waals surface area contributed by atoms with Gasteiger partial charge in [0, 0.05) is 0 Å². The summed E-state index contributed by atoms with van der Waals surface area (Å²) in [7, 11) is 3.02. The highest BCUT2D eigenvalue weighted by molar-refractivity contribution is 9.10. The van der Waals surface area contributed by atoms with Gasteiger partial charge in [0.2, 0.25) is 5.91 Å². The van der Waals surface area contributed by atoms with Crippen molar-refractivity contribution in [3.05, 3.63) is 52.3 Å². The van der Waals surface area contributed by atoms with Gasteiger partial charge in [-0.2, -0.15) is 5.10 Å². The molecule has 2 aromatic carbocycles. The van der Waals surface area contributed by atoms with Gasteiger partial charge in [0.15, 0.2) is 11.5 Å². The molecule has 0 radical (unpaired) electrons. The van der Waals surface area contributed by atoms with Gasteiger partial charge in [-0.3, -0.25) is 9.59 Å². The number of nitrogens with one attached hydrogen (secondary N) is 2. The van der Waals surface area contributed by atoms with Crippen LogP contribution in [0.5, 0.6) is 11.5 Å². The second-order valence-corrected chi connectivity index (χ2v) is 6.52.